The summed E-state index contributed by atoms with van der Waals surface area (Å²) in [5.41, 5.74) is 1.60. The van der Waals surface area contributed by atoms with Gasteiger partial charge < -0.3 is 0 Å². The average Bonchev–Trinajstić information content (AvgIpc) is 2.03. The Labute approximate surface area is 89.0 Å². The van der Waals surface area contributed by atoms with Gasteiger partial charge in [0.05, 0.1) is 0 Å². The van der Waals surface area contributed by atoms with Crippen molar-refractivity contribution in [1.29, 1.82) is 0 Å². The Balaban J connectivity index is 3.26. The van der Waals surface area contributed by atoms with Crippen molar-refractivity contribution in [3.05, 3.63) is 34.9 Å². The molecule has 0 atom stereocenters. The number of carbonyl (C=O) groups is 2. The molecular weight excluding hydrogens is 255 g/mol. The highest BCUT2D eigenvalue weighted by molar-refractivity contribution is 9.18. The predicted molar refractivity (Wildman–Crippen MR) is 54.6 cm³/mol. The maximum absolute atomic E-state index is 10.9. The molecule has 0 heterocycles. The lowest BCUT2D eigenvalue weighted by Gasteiger charge is -2.00. The Bertz CT molecular complexity index is 342. The van der Waals surface area contributed by atoms with E-state index in [2.05, 4.69) is 15.9 Å². The molecule has 0 unspecified atom stereocenters. The minimum atomic E-state index is -0.557. The molecule has 1 aromatic carbocycles. The van der Waals surface area contributed by atoms with Gasteiger partial charge in [-0.1, -0.05) is 0 Å². The Morgan fingerprint density at radius 2 is 1.77 bits per heavy atom. The van der Waals surface area contributed by atoms with Crippen molar-refractivity contribution in [3.8, 4) is 0 Å². The standard InChI is InChI=1S/C9H6BrClO2/c1-5-2-6(8(10)12)4-7(3-5)9(11)13/h2-4H,1H3. The topological polar surface area (TPSA) is 34.1 Å². The smallest absolute Gasteiger partial charge is 0.252 e. The van der Waals surface area contributed by atoms with Crippen molar-refractivity contribution in [2.24, 2.45) is 0 Å². The first kappa shape index (κ1) is 10.4. The quantitative estimate of drug-likeness (QED) is 0.767. The van der Waals surface area contributed by atoms with Gasteiger partial charge in [-0.2, -0.15) is 0 Å². The third kappa shape index (κ3) is 2.64. The molecule has 0 aliphatic heterocycles. The Morgan fingerprint density at radius 1 is 1.23 bits per heavy atom. The third-order valence-electron chi connectivity index (χ3n) is 1.53. The van der Waals surface area contributed by atoms with E-state index in [-0.39, 0.29) is 4.69 Å². The van der Waals surface area contributed by atoms with E-state index < -0.39 is 5.24 Å². The van der Waals surface area contributed by atoms with Gasteiger partial charge in [0.2, 0.25) is 4.69 Å². The zero-order chi connectivity index (χ0) is 10.0. The summed E-state index contributed by atoms with van der Waals surface area (Å²) in [6.45, 7) is 1.79. The molecule has 0 saturated carbocycles. The molecule has 0 aromatic heterocycles. The fourth-order valence-electron chi connectivity index (χ4n) is 1.01. The van der Waals surface area contributed by atoms with Crippen LogP contribution in [0.1, 0.15) is 26.3 Å². The molecule has 13 heavy (non-hydrogen) atoms. The molecule has 0 radical (unpaired) electrons. The summed E-state index contributed by atoms with van der Waals surface area (Å²) in [5, 5.41) is -0.557. The van der Waals surface area contributed by atoms with Crippen LogP contribution < -0.4 is 0 Å². The second-order valence-electron chi connectivity index (χ2n) is 2.64. The van der Waals surface area contributed by atoms with Crippen molar-refractivity contribution >= 4 is 37.5 Å². The van der Waals surface area contributed by atoms with Crippen LogP contribution in [0.2, 0.25) is 0 Å². The van der Waals surface area contributed by atoms with Crippen LogP contribution in [0.5, 0.6) is 0 Å². The summed E-state index contributed by atoms with van der Waals surface area (Å²) < 4.78 is -0.254. The average molecular weight is 262 g/mol. The van der Waals surface area contributed by atoms with E-state index in [1.165, 1.54) is 6.07 Å². The molecule has 0 amide bonds. The largest absolute Gasteiger partial charge is 0.281 e. The van der Waals surface area contributed by atoms with Crippen LogP contribution in [0.15, 0.2) is 18.2 Å². The third-order valence-corrected chi connectivity index (χ3v) is 2.21. The van der Waals surface area contributed by atoms with E-state index in [9.17, 15) is 9.59 Å². The minimum absolute atomic E-state index is 0.254. The predicted octanol–water partition coefficient (Wildman–Crippen LogP) is 2.91. The van der Waals surface area contributed by atoms with Gasteiger partial charge in [0.15, 0.2) is 0 Å². The highest BCUT2D eigenvalue weighted by Gasteiger charge is 2.07. The fraction of sp³-hybridized carbons (Fsp3) is 0.111. The number of hydrogen-bond acceptors (Lipinski definition) is 2. The molecule has 68 valence electrons. The monoisotopic (exact) mass is 260 g/mol. The highest BCUT2D eigenvalue weighted by atomic mass is 79.9. The molecule has 0 bridgehead atoms. The van der Waals surface area contributed by atoms with Crippen molar-refractivity contribution in [3.63, 3.8) is 0 Å². The van der Waals surface area contributed by atoms with E-state index in [0.29, 0.717) is 11.1 Å². The lowest BCUT2D eigenvalue weighted by Crippen LogP contribution is -1.95. The van der Waals surface area contributed by atoms with Crippen molar-refractivity contribution < 1.29 is 9.59 Å². The number of rotatable bonds is 2. The van der Waals surface area contributed by atoms with Crippen LogP contribution >= 0.6 is 27.5 Å². The van der Waals surface area contributed by atoms with Gasteiger partial charge in [-0.05, 0) is 58.2 Å². The van der Waals surface area contributed by atoms with Crippen LogP contribution in [0.3, 0.4) is 0 Å². The lowest BCUT2D eigenvalue weighted by atomic mass is 10.1. The maximum atomic E-state index is 10.9. The Kier molecular flexibility index (Phi) is 3.22. The van der Waals surface area contributed by atoms with Gasteiger partial charge in [0.25, 0.3) is 5.24 Å². The molecule has 0 fully saturated rings. The SMILES string of the molecule is Cc1cc(C(=O)Cl)cc(C(=O)Br)c1. The zero-order valence-corrected chi connectivity index (χ0v) is 9.15. The summed E-state index contributed by atoms with van der Waals surface area (Å²) in [5.74, 6) is 0. The normalized spacial score (nSPS) is 9.77. The van der Waals surface area contributed by atoms with Crippen LogP contribution in [0, 0.1) is 6.92 Å². The Hall–Kier alpha value is -0.670. The molecule has 2 nitrogen and oxygen atoms in total. The number of benzene rings is 1. The van der Waals surface area contributed by atoms with Gasteiger partial charge in [0.1, 0.15) is 0 Å². The molecule has 0 N–H and O–H groups in total. The number of aryl methyl sites for hydroxylation is 1. The van der Waals surface area contributed by atoms with Crippen molar-refractivity contribution in [1.82, 2.24) is 0 Å². The fourth-order valence-corrected chi connectivity index (χ4v) is 1.35. The summed E-state index contributed by atoms with van der Waals surface area (Å²) in [4.78, 5) is 21.7. The van der Waals surface area contributed by atoms with Crippen molar-refractivity contribution in [2.45, 2.75) is 6.92 Å². The molecule has 0 saturated heterocycles. The Morgan fingerprint density at radius 3 is 2.23 bits per heavy atom. The molecule has 1 rings (SSSR count). The van der Waals surface area contributed by atoms with Crippen LogP contribution in [0.4, 0.5) is 0 Å². The van der Waals surface area contributed by atoms with Gasteiger partial charge >= 0.3 is 0 Å². The minimum Gasteiger partial charge on any atom is -0.281 e. The van der Waals surface area contributed by atoms with E-state index in [0.717, 1.165) is 5.56 Å². The van der Waals surface area contributed by atoms with Gasteiger partial charge in [-0.15, -0.1) is 0 Å². The van der Waals surface area contributed by atoms with E-state index in [1.807, 2.05) is 0 Å². The number of carbonyl (C=O) groups excluding carboxylic acids is 2. The lowest BCUT2D eigenvalue weighted by molar-refractivity contribution is 0.108. The van der Waals surface area contributed by atoms with Crippen LogP contribution in [-0.4, -0.2) is 9.93 Å². The second-order valence-corrected chi connectivity index (χ2v) is 3.70. The summed E-state index contributed by atoms with van der Waals surface area (Å²) in [6, 6.07) is 4.77. The second kappa shape index (κ2) is 4.03. The first-order valence-corrected chi connectivity index (χ1v) is 4.69. The molecule has 0 aliphatic carbocycles. The van der Waals surface area contributed by atoms with E-state index >= 15 is 0 Å². The highest BCUT2D eigenvalue weighted by Crippen LogP contribution is 2.14. The summed E-state index contributed by atoms with van der Waals surface area (Å²) >= 11 is 8.09. The van der Waals surface area contributed by atoms with Gasteiger partial charge in [-0.3, -0.25) is 9.59 Å². The number of hydrogen-bond donors (Lipinski definition) is 0. The molecule has 0 aliphatic rings. The maximum Gasteiger partial charge on any atom is 0.252 e. The molecule has 4 heteroatoms. The number of halogens is 2. The van der Waals surface area contributed by atoms with E-state index in [1.54, 1.807) is 19.1 Å². The zero-order valence-electron chi connectivity index (χ0n) is 6.80. The summed E-state index contributed by atoms with van der Waals surface area (Å²) in [7, 11) is 0. The van der Waals surface area contributed by atoms with Crippen molar-refractivity contribution in [2.75, 3.05) is 0 Å². The van der Waals surface area contributed by atoms with Gasteiger partial charge in [-0.25, -0.2) is 0 Å². The van der Waals surface area contributed by atoms with Crippen LogP contribution in [0.25, 0.3) is 0 Å². The molecule has 0 spiro atoms. The van der Waals surface area contributed by atoms with Gasteiger partial charge in [0, 0.05) is 11.1 Å². The molecular formula is C9H6BrClO2. The first-order valence-electron chi connectivity index (χ1n) is 3.52. The molecule has 1 aromatic rings. The van der Waals surface area contributed by atoms with E-state index in [4.69, 9.17) is 11.6 Å². The first-order chi connectivity index (χ1) is 6.00. The van der Waals surface area contributed by atoms with Crippen LogP contribution in [-0.2, 0) is 0 Å². The summed E-state index contributed by atoms with van der Waals surface area (Å²) in [6.07, 6.45) is 0.